The van der Waals surface area contributed by atoms with Gasteiger partial charge in [0.2, 0.25) is 0 Å². The number of hydrogen-bond donors (Lipinski definition) is 0. The molecule has 0 spiro atoms. The molecule has 8 rings (SSSR count). The van der Waals surface area contributed by atoms with Crippen LogP contribution in [0.1, 0.15) is 5.56 Å². The first kappa shape index (κ1) is 21.1. The van der Waals surface area contributed by atoms with Crippen molar-refractivity contribution in [3.63, 3.8) is 0 Å². The second-order valence-corrected chi connectivity index (χ2v) is 9.99. The predicted octanol–water partition coefficient (Wildman–Crippen LogP) is 8.94. The van der Waals surface area contributed by atoms with Crippen molar-refractivity contribution in [1.82, 2.24) is 14.4 Å². The third kappa shape index (κ3) is 3.09. The van der Waals surface area contributed by atoms with E-state index in [0.29, 0.717) is 0 Å². The molecule has 0 amide bonds. The molecule has 0 N–H and O–H groups in total. The fourth-order valence-electron chi connectivity index (χ4n) is 5.87. The van der Waals surface area contributed by atoms with Crippen LogP contribution in [0.15, 0.2) is 121 Å². The van der Waals surface area contributed by atoms with E-state index in [2.05, 4.69) is 121 Å². The number of aryl methyl sites for hydroxylation is 1. The first-order chi connectivity index (χ1) is 18.7. The molecule has 0 bridgehead atoms. The highest BCUT2D eigenvalue weighted by atomic mass is 14.9. The van der Waals surface area contributed by atoms with Gasteiger partial charge >= 0.3 is 0 Å². The first-order valence-corrected chi connectivity index (χ1v) is 12.9. The summed E-state index contributed by atoms with van der Waals surface area (Å²) in [6, 6.07) is 42.7. The van der Waals surface area contributed by atoms with Gasteiger partial charge in [0.15, 0.2) is 5.82 Å². The van der Waals surface area contributed by atoms with E-state index in [0.717, 1.165) is 33.9 Å². The molecule has 0 unspecified atom stereocenters. The van der Waals surface area contributed by atoms with E-state index in [-0.39, 0.29) is 0 Å². The Labute approximate surface area is 220 Å². The number of fused-ring (bicyclic) bond motifs is 6. The standard InChI is InChI=1S/C35H23N3/c1-22-18-28-26-14-8-9-15-32(26)38-33-17-16-25(20-27(33)29(19-22)34(28)38)35-36-30(23-10-4-2-5-11-23)21-31(37-35)24-12-6-3-7-13-24/h2-21H,1H3. The van der Waals surface area contributed by atoms with Crippen molar-refractivity contribution in [2.75, 3.05) is 0 Å². The summed E-state index contributed by atoms with van der Waals surface area (Å²) >= 11 is 0. The zero-order valence-corrected chi connectivity index (χ0v) is 20.9. The highest BCUT2D eigenvalue weighted by Gasteiger charge is 2.19. The van der Waals surface area contributed by atoms with Gasteiger partial charge < -0.3 is 4.40 Å². The van der Waals surface area contributed by atoms with Gasteiger partial charge in [0, 0.05) is 38.2 Å². The van der Waals surface area contributed by atoms with Crippen molar-refractivity contribution < 1.29 is 0 Å². The molecule has 0 atom stereocenters. The van der Waals surface area contributed by atoms with Gasteiger partial charge in [0.05, 0.1) is 27.9 Å². The summed E-state index contributed by atoms with van der Waals surface area (Å²) in [6.45, 7) is 2.18. The number of hydrogen-bond acceptors (Lipinski definition) is 2. The molecule has 0 radical (unpaired) electrons. The van der Waals surface area contributed by atoms with Crippen molar-refractivity contribution in [2.24, 2.45) is 0 Å². The molecule has 3 heterocycles. The SMILES string of the molecule is Cc1cc2c3ccccc3n3c4ccc(-c5nc(-c6ccccc6)cc(-c6ccccc6)n5)cc4c(c1)c23. The van der Waals surface area contributed by atoms with Gasteiger partial charge in [0.1, 0.15) is 0 Å². The lowest BCUT2D eigenvalue weighted by Crippen LogP contribution is -1.96. The van der Waals surface area contributed by atoms with Gasteiger partial charge in [0.25, 0.3) is 0 Å². The lowest BCUT2D eigenvalue weighted by molar-refractivity contribution is 1.18. The number of benzene rings is 5. The van der Waals surface area contributed by atoms with Crippen LogP contribution in [-0.2, 0) is 0 Å². The summed E-state index contributed by atoms with van der Waals surface area (Å²) in [4.78, 5) is 10.1. The van der Waals surface area contributed by atoms with Crippen LogP contribution in [0.2, 0.25) is 0 Å². The van der Waals surface area contributed by atoms with E-state index in [9.17, 15) is 0 Å². The van der Waals surface area contributed by atoms with E-state index in [1.165, 1.54) is 43.7 Å². The summed E-state index contributed by atoms with van der Waals surface area (Å²) in [6.07, 6.45) is 0. The minimum Gasteiger partial charge on any atom is -0.308 e. The first-order valence-electron chi connectivity index (χ1n) is 12.9. The summed E-state index contributed by atoms with van der Waals surface area (Å²) < 4.78 is 2.41. The summed E-state index contributed by atoms with van der Waals surface area (Å²) in [7, 11) is 0. The van der Waals surface area contributed by atoms with Gasteiger partial charge in [-0.1, -0.05) is 78.9 Å². The molecule has 0 fully saturated rings. The van der Waals surface area contributed by atoms with E-state index < -0.39 is 0 Å². The average molecular weight is 486 g/mol. The van der Waals surface area contributed by atoms with Crippen LogP contribution in [0.25, 0.3) is 72.0 Å². The highest BCUT2D eigenvalue weighted by Crippen LogP contribution is 2.40. The molecule has 0 aliphatic carbocycles. The molecule has 5 aromatic carbocycles. The third-order valence-electron chi connectivity index (χ3n) is 7.56. The van der Waals surface area contributed by atoms with Crippen LogP contribution in [0, 0.1) is 6.92 Å². The normalized spacial score (nSPS) is 11.8. The number of nitrogens with zero attached hydrogens (tertiary/aromatic N) is 3. The topological polar surface area (TPSA) is 30.2 Å². The molecule has 8 aromatic rings. The van der Waals surface area contributed by atoms with E-state index in [1.54, 1.807) is 0 Å². The third-order valence-corrected chi connectivity index (χ3v) is 7.56. The van der Waals surface area contributed by atoms with Crippen LogP contribution in [0.5, 0.6) is 0 Å². The maximum Gasteiger partial charge on any atom is 0.160 e. The Kier molecular flexibility index (Phi) is 4.44. The largest absolute Gasteiger partial charge is 0.308 e. The lowest BCUT2D eigenvalue weighted by atomic mass is 10.0. The zero-order valence-electron chi connectivity index (χ0n) is 20.9. The van der Waals surface area contributed by atoms with Crippen molar-refractivity contribution in [3.8, 4) is 33.9 Å². The van der Waals surface area contributed by atoms with Gasteiger partial charge in [-0.2, -0.15) is 0 Å². The van der Waals surface area contributed by atoms with Crippen LogP contribution < -0.4 is 0 Å². The van der Waals surface area contributed by atoms with Crippen molar-refractivity contribution in [1.29, 1.82) is 0 Å². The number of aromatic nitrogens is 3. The highest BCUT2D eigenvalue weighted by molar-refractivity contribution is 6.23. The van der Waals surface area contributed by atoms with Gasteiger partial charge in [-0.05, 0) is 55.0 Å². The molecule has 3 aromatic heterocycles. The number of rotatable bonds is 3. The molecule has 0 aliphatic rings. The Hall–Kier alpha value is -5.02. The van der Waals surface area contributed by atoms with Crippen molar-refractivity contribution >= 4 is 38.1 Å². The Morgan fingerprint density at radius 3 is 1.74 bits per heavy atom. The zero-order chi connectivity index (χ0) is 25.2. The molecule has 178 valence electrons. The molecule has 0 aliphatic heterocycles. The fraction of sp³-hybridized carbons (Fsp3) is 0.0286. The van der Waals surface area contributed by atoms with Gasteiger partial charge in [-0.15, -0.1) is 0 Å². The average Bonchev–Trinajstić information content (AvgIpc) is 3.48. The quantitative estimate of drug-likeness (QED) is 0.250. The minimum atomic E-state index is 0.735. The van der Waals surface area contributed by atoms with Crippen molar-refractivity contribution in [2.45, 2.75) is 6.92 Å². The molecule has 0 saturated heterocycles. The fourth-order valence-corrected chi connectivity index (χ4v) is 5.87. The van der Waals surface area contributed by atoms with Gasteiger partial charge in [-0.3, -0.25) is 0 Å². The second-order valence-electron chi connectivity index (χ2n) is 9.99. The molecule has 0 saturated carbocycles. The summed E-state index contributed by atoms with van der Waals surface area (Å²) in [5.74, 6) is 0.735. The Morgan fingerprint density at radius 2 is 1.05 bits per heavy atom. The minimum absolute atomic E-state index is 0.735. The Bertz CT molecular complexity index is 2070. The molecular weight excluding hydrogens is 462 g/mol. The van der Waals surface area contributed by atoms with Gasteiger partial charge in [-0.25, -0.2) is 9.97 Å². The van der Waals surface area contributed by atoms with Crippen LogP contribution in [0.3, 0.4) is 0 Å². The smallest absolute Gasteiger partial charge is 0.160 e. The molecule has 38 heavy (non-hydrogen) atoms. The van der Waals surface area contributed by atoms with E-state index >= 15 is 0 Å². The van der Waals surface area contributed by atoms with E-state index in [1.807, 2.05) is 12.1 Å². The second kappa shape index (κ2) is 7.99. The monoisotopic (exact) mass is 485 g/mol. The predicted molar refractivity (Wildman–Crippen MR) is 158 cm³/mol. The van der Waals surface area contributed by atoms with Crippen molar-refractivity contribution in [3.05, 3.63) is 127 Å². The maximum absolute atomic E-state index is 5.06. The van der Waals surface area contributed by atoms with Crippen LogP contribution in [-0.4, -0.2) is 14.4 Å². The van der Waals surface area contributed by atoms with Crippen LogP contribution in [0.4, 0.5) is 0 Å². The Morgan fingerprint density at radius 1 is 0.474 bits per heavy atom. The molecule has 3 heteroatoms. The van der Waals surface area contributed by atoms with Crippen LogP contribution >= 0.6 is 0 Å². The number of para-hydroxylation sites is 1. The lowest BCUT2D eigenvalue weighted by Gasteiger charge is -2.10. The Balaban J connectivity index is 1.41. The maximum atomic E-state index is 5.06. The van der Waals surface area contributed by atoms with E-state index in [4.69, 9.17) is 9.97 Å². The molecule has 3 nitrogen and oxygen atoms in total. The molecular formula is C35H23N3. The summed E-state index contributed by atoms with van der Waals surface area (Å²) in [5, 5.41) is 5.11. The summed E-state index contributed by atoms with van der Waals surface area (Å²) in [5.41, 5.74) is 10.0.